The van der Waals surface area contributed by atoms with E-state index in [1.165, 1.54) is 12.7 Å². The lowest BCUT2D eigenvalue weighted by Crippen LogP contribution is -2.03. The largest absolute Gasteiger partial charge is 0.491 e. The molecule has 31 heavy (non-hydrogen) atoms. The highest BCUT2D eigenvalue weighted by Gasteiger charge is 2.10. The van der Waals surface area contributed by atoms with Crippen molar-refractivity contribution in [3.05, 3.63) is 71.2 Å². The van der Waals surface area contributed by atoms with Gasteiger partial charge in [-0.1, -0.05) is 34.1 Å². The number of rotatable bonds is 8. The molecule has 0 aliphatic heterocycles. The van der Waals surface area contributed by atoms with Crippen LogP contribution in [0.2, 0.25) is 0 Å². The number of fused-ring (bicyclic) bond motifs is 1. The molecule has 3 N–H and O–H groups in total. The number of aromatic nitrogens is 4. The van der Waals surface area contributed by atoms with Gasteiger partial charge in [0.05, 0.1) is 12.8 Å². The van der Waals surface area contributed by atoms with E-state index in [4.69, 9.17) is 9.84 Å². The van der Waals surface area contributed by atoms with Gasteiger partial charge < -0.3 is 15.2 Å². The van der Waals surface area contributed by atoms with Crippen LogP contribution in [0, 0.1) is 0 Å². The Kier molecular flexibility index (Phi) is 6.60. The predicted octanol–water partition coefficient (Wildman–Crippen LogP) is 3.74. The minimum atomic E-state index is -0.0504. The molecule has 2 aromatic heterocycles. The first-order valence-electron chi connectivity index (χ1n) is 9.34. The van der Waals surface area contributed by atoms with Gasteiger partial charge in [0, 0.05) is 16.2 Å². The molecule has 10 heteroatoms. The summed E-state index contributed by atoms with van der Waals surface area (Å²) in [4.78, 5) is 17.2. The third-order valence-corrected chi connectivity index (χ3v) is 4.66. The molecule has 0 aliphatic carbocycles. The minimum Gasteiger partial charge on any atom is -0.491 e. The van der Waals surface area contributed by atoms with Gasteiger partial charge >= 0.3 is 0 Å². The summed E-state index contributed by atoms with van der Waals surface area (Å²) < 4.78 is 6.45. The van der Waals surface area contributed by atoms with Crippen molar-refractivity contribution in [1.82, 2.24) is 19.9 Å². The fourth-order valence-corrected chi connectivity index (χ4v) is 3.00. The lowest BCUT2D eigenvalue weighted by molar-refractivity contribution is 0.201. The Morgan fingerprint density at radius 3 is 2.48 bits per heavy atom. The zero-order valence-electron chi connectivity index (χ0n) is 16.2. The second kappa shape index (κ2) is 9.92. The molecule has 0 bridgehead atoms. The molecule has 0 amide bonds. The fraction of sp³-hybridized carbons (Fsp3) is 0.0952. The van der Waals surface area contributed by atoms with Crippen molar-refractivity contribution in [3.63, 3.8) is 0 Å². The SMILES string of the molecule is OCCOc1cccc(Nc2ncnc3c(NN=Cc4ccc(Br)cc4)ncnc23)c1. The number of hydrogen-bond acceptors (Lipinski definition) is 9. The predicted molar refractivity (Wildman–Crippen MR) is 123 cm³/mol. The van der Waals surface area contributed by atoms with E-state index in [9.17, 15) is 0 Å². The highest BCUT2D eigenvalue weighted by Crippen LogP contribution is 2.26. The van der Waals surface area contributed by atoms with Crippen LogP contribution in [0.15, 0.2) is 70.8 Å². The van der Waals surface area contributed by atoms with Crippen LogP contribution in [0.4, 0.5) is 17.3 Å². The van der Waals surface area contributed by atoms with E-state index in [1.54, 1.807) is 6.21 Å². The number of nitrogens with one attached hydrogen (secondary N) is 2. The van der Waals surface area contributed by atoms with Gasteiger partial charge in [0.15, 0.2) is 11.6 Å². The van der Waals surface area contributed by atoms with Crippen LogP contribution in [0.5, 0.6) is 5.75 Å². The normalized spacial score (nSPS) is 11.0. The molecule has 0 saturated carbocycles. The number of hydrogen-bond donors (Lipinski definition) is 3. The molecule has 4 aromatic rings. The molecule has 156 valence electrons. The van der Waals surface area contributed by atoms with E-state index in [0.29, 0.717) is 28.4 Å². The van der Waals surface area contributed by atoms with Gasteiger partial charge in [-0.25, -0.2) is 19.9 Å². The van der Waals surface area contributed by atoms with Crippen molar-refractivity contribution in [2.45, 2.75) is 0 Å². The highest BCUT2D eigenvalue weighted by atomic mass is 79.9. The van der Waals surface area contributed by atoms with Gasteiger partial charge in [0.2, 0.25) is 0 Å². The first-order chi connectivity index (χ1) is 15.2. The van der Waals surface area contributed by atoms with Gasteiger partial charge in [-0.3, -0.25) is 5.43 Å². The summed E-state index contributed by atoms with van der Waals surface area (Å²) in [7, 11) is 0. The van der Waals surface area contributed by atoms with Gasteiger partial charge in [0.1, 0.15) is 36.0 Å². The maximum absolute atomic E-state index is 8.92. The molecule has 0 fully saturated rings. The Labute approximate surface area is 186 Å². The smallest absolute Gasteiger partial charge is 0.176 e. The Morgan fingerprint density at radius 2 is 1.71 bits per heavy atom. The number of aliphatic hydroxyl groups excluding tert-OH is 1. The fourth-order valence-electron chi connectivity index (χ4n) is 2.73. The number of halogens is 1. The average Bonchev–Trinajstić information content (AvgIpc) is 2.80. The van der Waals surface area contributed by atoms with E-state index in [-0.39, 0.29) is 13.2 Å². The number of benzene rings is 2. The van der Waals surface area contributed by atoms with Crippen LogP contribution in [-0.2, 0) is 0 Å². The third-order valence-electron chi connectivity index (χ3n) is 4.13. The molecular formula is C21H18BrN7O2. The molecule has 9 nitrogen and oxygen atoms in total. The van der Waals surface area contributed by atoms with Crippen LogP contribution < -0.4 is 15.5 Å². The van der Waals surface area contributed by atoms with Crippen LogP contribution in [0.3, 0.4) is 0 Å². The van der Waals surface area contributed by atoms with Crippen molar-refractivity contribution in [3.8, 4) is 5.75 Å². The summed E-state index contributed by atoms with van der Waals surface area (Å²) >= 11 is 3.41. The van der Waals surface area contributed by atoms with Gasteiger partial charge in [0.25, 0.3) is 0 Å². The summed E-state index contributed by atoms with van der Waals surface area (Å²) in [5.41, 5.74) is 5.69. The molecule has 2 aromatic carbocycles. The zero-order valence-corrected chi connectivity index (χ0v) is 17.8. The molecular weight excluding hydrogens is 462 g/mol. The molecule has 4 rings (SSSR count). The van der Waals surface area contributed by atoms with E-state index >= 15 is 0 Å². The van der Waals surface area contributed by atoms with Crippen LogP contribution >= 0.6 is 15.9 Å². The number of aliphatic hydroxyl groups is 1. The first kappa shape index (κ1) is 20.6. The Bertz CT molecular complexity index is 1200. The summed E-state index contributed by atoms with van der Waals surface area (Å²) in [6, 6.07) is 15.1. The monoisotopic (exact) mass is 479 g/mol. The maximum Gasteiger partial charge on any atom is 0.176 e. The standard InChI is InChI=1S/C21H18BrN7O2/c22-15-6-4-14(5-7-15)11-27-29-21-19-18(23-13-26-21)20(25-12-24-19)28-16-2-1-3-17(10-16)31-9-8-30/h1-7,10-13,30H,8-9H2,(H,23,26,29)(H,24,25,28). The quantitative estimate of drug-likeness (QED) is 0.258. The minimum absolute atomic E-state index is 0.0504. The number of ether oxygens (including phenoxy) is 1. The Balaban J connectivity index is 1.56. The highest BCUT2D eigenvalue weighted by molar-refractivity contribution is 9.10. The molecule has 0 aliphatic rings. The van der Waals surface area contributed by atoms with Crippen molar-refractivity contribution in [1.29, 1.82) is 0 Å². The number of anilines is 3. The average molecular weight is 480 g/mol. The van der Waals surface area contributed by atoms with Gasteiger partial charge in [-0.15, -0.1) is 0 Å². The summed E-state index contributed by atoms with van der Waals surface area (Å²) in [5.74, 6) is 1.62. The molecule has 0 saturated heterocycles. The van der Waals surface area contributed by atoms with Crippen molar-refractivity contribution in [2.75, 3.05) is 24.0 Å². The molecule has 0 spiro atoms. The molecule has 0 atom stereocenters. The second-order valence-corrected chi connectivity index (χ2v) is 7.20. The molecule has 0 radical (unpaired) electrons. The lowest BCUT2D eigenvalue weighted by Gasteiger charge is -2.10. The number of nitrogens with zero attached hydrogens (tertiary/aromatic N) is 5. The molecule has 2 heterocycles. The lowest BCUT2D eigenvalue weighted by atomic mass is 10.2. The summed E-state index contributed by atoms with van der Waals surface area (Å²) in [6.45, 7) is 0.175. The Morgan fingerprint density at radius 1 is 0.968 bits per heavy atom. The third kappa shape index (κ3) is 5.30. The summed E-state index contributed by atoms with van der Waals surface area (Å²) in [5, 5.41) is 16.4. The van der Waals surface area contributed by atoms with Crippen LogP contribution in [-0.4, -0.2) is 44.5 Å². The second-order valence-electron chi connectivity index (χ2n) is 6.29. The maximum atomic E-state index is 8.92. The van der Waals surface area contributed by atoms with Crippen LogP contribution in [0.1, 0.15) is 5.56 Å². The zero-order chi connectivity index (χ0) is 21.5. The van der Waals surface area contributed by atoms with Gasteiger partial charge in [-0.05, 0) is 29.8 Å². The van der Waals surface area contributed by atoms with Crippen molar-refractivity contribution >= 4 is 50.5 Å². The van der Waals surface area contributed by atoms with Crippen LogP contribution in [0.25, 0.3) is 11.0 Å². The number of hydrazone groups is 1. The van der Waals surface area contributed by atoms with E-state index in [1.807, 2.05) is 48.5 Å². The van der Waals surface area contributed by atoms with E-state index in [2.05, 4.69) is 51.7 Å². The van der Waals surface area contributed by atoms with Crippen molar-refractivity contribution in [2.24, 2.45) is 5.10 Å². The Hall–Kier alpha value is -3.63. The van der Waals surface area contributed by atoms with Gasteiger partial charge in [-0.2, -0.15) is 5.10 Å². The summed E-state index contributed by atoms with van der Waals surface area (Å²) in [6.07, 6.45) is 4.55. The van der Waals surface area contributed by atoms with E-state index in [0.717, 1.165) is 15.7 Å². The van der Waals surface area contributed by atoms with E-state index < -0.39 is 0 Å². The van der Waals surface area contributed by atoms with Crippen molar-refractivity contribution < 1.29 is 9.84 Å². The first-order valence-corrected chi connectivity index (χ1v) is 10.1. The molecule has 0 unspecified atom stereocenters. The topological polar surface area (TPSA) is 117 Å².